The smallest absolute Gasteiger partial charge is 0.471 e. The second-order valence-corrected chi connectivity index (χ2v) is 4.19. The number of nitrogens with zero attached hydrogens (tertiary/aromatic N) is 1. The van der Waals surface area contributed by atoms with Gasteiger partial charge in [0.2, 0.25) is 0 Å². The lowest BCUT2D eigenvalue weighted by Crippen LogP contribution is -2.48. The minimum atomic E-state index is -5.14. The van der Waals surface area contributed by atoms with Gasteiger partial charge >= 0.3 is 18.1 Å². The lowest BCUT2D eigenvalue weighted by Gasteiger charge is -2.23. The first kappa shape index (κ1) is 14.2. The van der Waals surface area contributed by atoms with E-state index in [9.17, 15) is 22.8 Å². The highest BCUT2D eigenvalue weighted by Gasteiger charge is 2.50. The summed E-state index contributed by atoms with van der Waals surface area (Å²) in [5.74, 6) is -3.44. The van der Waals surface area contributed by atoms with Crippen molar-refractivity contribution in [1.82, 2.24) is 0 Å². The third-order valence-corrected chi connectivity index (χ3v) is 3.04. The molecule has 0 spiro atoms. The van der Waals surface area contributed by atoms with Crippen LogP contribution in [0.15, 0.2) is 18.2 Å². The first-order chi connectivity index (χ1) is 9.27. The number of carboxylic acids is 1. The highest BCUT2D eigenvalue weighted by Crippen LogP contribution is 2.40. The van der Waals surface area contributed by atoms with Crippen LogP contribution >= 0.6 is 0 Å². The van der Waals surface area contributed by atoms with E-state index in [1.54, 1.807) is 0 Å². The Morgan fingerprint density at radius 3 is 2.55 bits per heavy atom. The van der Waals surface area contributed by atoms with Gasteiger partial charge in [0.25, 0.3) is 0 Å². The Balaban J connectivity index is 2.54. The summed E-state index contributed by atoms with van der Waals surface area (Å²) < 4.78 is 42.8. The van der Waals surface area contributed by atoms with Crippen LogP contribution in [0.2, 0.25) is 0 Å². The van der Waals surface area contributed by atoms with Gasteiger partial charge in [-0.25, -0.2) is 4.79 Å². The molecule has 1 heterocycles. The number of hydrogen-bond acceptors (Lipinski definition) is 3. The number of alkyl halides is 3. The quantitative estimate of drug-likeness (QED) is 0.898. The average Bonchev–Trinajstić information content (AvgIpc) is 2.75. The highest BCUT2D eigenvalue weighted by atomic mass is 19.4. The van der Waals surface area contributed by atoms with E-state index in [2.05, 4.69) is 0 Å². The van der Waals surface area contributed by atoms with Gasteiger partial charge in [0.1, 0.15) is 11.8 Å². The molecule has 0 aliphatic carbocycles. The Bertz CT molecular complexity index is 570. The van der Waals surface area contributed by atoms with E-state index in [1.165, 1.54) is 25.3 Å². The van der Waals surface area contributed by atoms with E-state index in [0.29, 0.717) is 0 Å². The zero-order chi connectivity index (χ0) is 15.1. The number of carbonyl (C=O) groups is 2. The van der Waals surface area contributed by atoms with Gasteiger partial charge in [0, 0.05) is 12.0 Å². The van der Waals surface area contributed by atoms with Crippen LogP contribution in [0, 0.1) is 0 Å². The van der Waals surface area contributed by atoms with Crippen molar-refractivity contribution in [2.75, 3.05) is 12.0 Å². The van der Waals surface area contributed by atoms with Crippen LogP contribution in [0.1, 0.15) is 5.56 Å². The number of carbonyl (C=O) groups excluding carboxylic acids is 1. The molecule has 0 fully saturated rings. The van der Waals surface area contributed by atoms with E-state index in [4.69, 9.17) is 9.84 Å². The number of benzene rings is 1. The second-order valence-electron chi connectivity index (χ2n) is 4.19. The molecule has 1 aromatic carbocycles. The molecule has 20 heavy (non-hydrogen) atoms. The summed E-state index contributed by atoms with van der Waals surface area (Å²) in [6.07, 6.45) is -5.37. The summed E-state index contributed by atoms with van der Waals surface area (Å²) in [5.41, 5.74) is 0.194. The van der Waals surface area contributed by atoms with Crippen LogP contribution in [0.4, 0.5) is 18.9 Å². The fraction of sp³-hybridized carbons (Fsp3) is 0.333. The predicted molar refractivity (Wildman–Crippen MR) is 61.7 cm³/mol. The molecule has 108 valence electrons. The van der Waals surface area contributed by atoms with Crippen molar-refractivity contribution in [3.05, 3.63) is 23.8 Å². The number of ether oxygens (including phenoxy) is 1. The highest BCUT2D eigenvalue weighted by molar-refractivity contribution is 6.04. The zero-order valence-corrected chi connectivity index (χ0v) is 10.3. The number of amides is 1. The summed E-state index contributed by atoms with van der Waals surface area (Å²) in [7, 11) is 1.32. The minimum Gasteiger partial charge on any atom is -0.496 e. The van der Waals surface area contributed by atoms with Crippen LogP contribution in [-0.4, -0.2) is 36.3 Å². The van der Waals surface area contributed by atoms with Crippen LogP contribution in [0.5, 0.6) is 5.75 Å². The fourth-order valence-electron chi connectivity index (χ4n) is 2.21. The molecule has 1 aromatic rings. The van der Waals surface area contributed by atoms with Crippen molar-refractivity contribution < 1.29 is 32.6 Å². The first-order valence-electron chi connectivity index (χ1n) is 5.56. The number of fused-ring (bicyclic) bond motifs is 1. The lowest BCUT2D eigenvalue weighted by atomic mass is 10.1. The number of rotatable bonds is 2. The molecule has 1 unspecified atom stereocenters. The lowest BCUT2D eigenvalue weighted by molar-refractivity contribution is -0.171. The third-order valence-electron chi connectivity index (χ3n) is 3.04. The van der Waals surface area contributed by atoms with Crippen LogP contribution < -0.4 is 9.64 Å². The Hall–Kier alpha value is -2.25. The summed E-state index contributed by atoms with van der Waals surface area (Å²) >= 11 is 0. The molecule has 0 saturated heterocycles. The number of halogens is 3. The Morgan fingerprint density at radius 2 is 2.05 bits per heavy atom. The first-order valence-corrected chi connectivity index (χ1v) is 5.56. The van der Waals surface area contributed by atoms with E-state index in [1.807, 2.05) is 0 Å². The van der Waals surface area contributed by atoms with Crippen molar-refractivity contribution >= 4 is 17.6 Å². The van der Waals surface area contributed by atoms with E-state index >= 15 is 0 Å². The SMILES string of the molecule is COc1cccc2c1CC(C(=O)O)N2C(=O)C(F)(F)F. The second kappa shape index (κ2) is 4.69. The monoisotopic (exact) mass is 289 g/mol. The number of methoxy groups -OCH3 is 1. The topological polar surface area (TPSA) is 66.8 Å². The van der Waals surface area contributed by atoms with Crippen molar-refractivity contribution in [3.63, 3.8) is 0 Å². The Morgan fingerprint density at radius 1 is 1.40 bits per heavy atom. The molecule has 0 radical (unpaired) electrons. The van der Waals surface area contributed by atoms with E-state index in [0.717, 1.165) is 0 Å². The predicted octanol–water partition coefficient (Wildman–Crippen LogP) is 1.60. The third kappa shape index (κ3) is 2.17. The molecule has 0 bridgehead atoms. The largest absolute Gasteiger partial charge is 0.496 e. The van der Waals surface area contributed by atoms with E-state index < -0.39 is 24.1 Å². The zero-order valence-electron chi connectivity index (χ0n) is 10.3. The molecular weight excluding hydrogens is 279 g/mol. The van der Waals surface area contributed by atoms with Crippen molar-refractivity contribution in [1.29, 1.82) is 0 Å². The summed E-state index contributed by atoms with van der Waals surface area (Å²) in [4.78, 5) is 22.8. The van der Waals surface area contributed by atoms with Gasteiger partial charge in [-0.15, -0.1) is 0 Å². The molecule has 5 nitrogen and oxygen atoms in total. The van der Waals surface area contributed by atoms with Crippen LogP contribution in [0.3, 0.4) is 0 Å². The number of aliphatic carboxylic acids is 1. The van der Waals surface area contributed by atoms with Gasteiger partial charge in [0.15, 0.2) is 0 Å². The summed E-state index contributed by atoms with van der Waals surface area (Å²) in [6.45, 7) is 0. The fourth-order valence-corrected chi connectivity index (χ4v) is 2.21. The Kier molecular flexibility index (Phi) is 3.33. The molecule has 0 aromatic heterocycles. The van der Waals surface area contributed by atoms with Gasteiger partial charge in [-0.3, -0.25) is 9.69 Å². The van der Waals surface area contributed by atoms with Gasteiger partial charge in [-0.1, -0.05) is 6.07 Å². The number of carboxylic acid groups (broad SMARTS) is 1. The standard InChI is InChI=1S/C12H10F3NO4/c1-20-9-4-2-3-7-6(9)5-8(10(17)18)16(7)11(19)12(13,14)15/h2-4,8H,5H2,1H3,(H,17,18). The van der Waals surface area contributed by atoms with Gasteiger partial charge in [-0.05, 0) is 12.1 Å². The maximum Gasteiger partial charge on any atom is 0.471 e. The molecule has 1 amide bonds. The minimum absolute atomic E-state index is 0.0842. The van der Waals surface area contributed by atoms with E-state index in [-0.39, 0.29) is 28.3 Å². The molecule has 1 aliphatic heterocycles. The van der Waals surface area contributed by atoms with Crippen molar-refractivity contribution in [2.24, 2.45) is 0 Å². The maximum atomic E-state index is 12.6. The van der Waals surface area contributed by atoms with Crippen LogP contribution in [-0.2, 0) is 16.0 Å². The van der Waals surface area contributed by atoms with Gasteiger partial charge in [0.05, 0.1) is 12.8 Å². The average molecular weight is 289 g/mol. The van der Waals surface area contributed by atoms with Gasteiger partial charge in [-0.2, -0.15) is 13.2 Å². The Labute approximate surface area is 111 Å². The van der Waals surface area contributed by atoms with Gasteiger partial charge < -0.3 is 9.84 Å². The van der Waals surface area contributed by atoms with Crippen molar-refractivity contribution in [3.8, 4) is 5.75 Å². The molecule has 1 atom stereocenters. The number of hydrogen-bond donors (Lipinski definition) is 1. The number of anilines is 1. The van der Waals surface area contributed by atoms with Crippen LogP contribution in [0.25, 0.3) is 0 Å². The van der Waals surface area contributed by atoms with Crippen molar-refractivity contribution in [2.45, 2.75) is 18.6 Å². The summed E-state index contributed by atoms with van der Waals surface area (Å²) in [6, 6.07) is 2.58. The molecular formula is C12H10F3NO4. The molecule has 1 N–H and O–H groups in total. The molecule has 1 aliphatic rings. The summed E-state index contributed by atoms with van der Waals surface area (Å²) in [5, 5.41) is 9.03. The molecule has 8 heteroatoms. The normalized spacial score (nSPS) is 17.8. The molecule has 2 rings (SSSR count). The maximum absolute atomic E-state index is 12.6. The molecule has 0 saturated carbocycles.